The lowest BCUT2D eigenvalue weighted by molar-refractivity contribution is 0.0877. The maximum atomic E-state index is 12.9. The average molecular weight is 375 g/mol. The molecule has 0 unspecified atom stereocenters. The van der Waals surface area contributed by atoms with Gasteiger partial charge in [0.25, 0.3) is 0 Å². The molecule has 0 atom stereocenters. The Bertz CT molecular complexity index is 668. The third kappa shape index (κ3) is 4.54. The van der Waals surface area contributed by atoms with E-state index < -0.39 is 0 Å². The summed E-state index contributed by atoms with van der Waals surface area (Å²) in [6.45, 7) is 10.3. The van der Waals surface area contributed by atoms with Crippen LogP contribution in [0.2, 0.25) is 0 Å². The molecule has 1 aromatic rings. The zero-order valence-electron chi connectivity index (χ0n) is 17.1. The van der Waals surface area contributed by atoms with Gasteiger partial charge in [0.15, 0.2) is 5.78 Å². The number of aryl methyl sites for hydroxylation is 1. The highest BCUT2D eigenvalue weighted by atomic mass is 16.2. The molecule has 0 radical (unpaired) electrons. The van der Waals surface area contributed by atoms with Crippen LogP contribution >= 0.6 is 0 Å². The summed E-state index contributed by atoms with van der Waals surface area (Å²) in [5.74, 6) is 0.205. The Labute approximate surface area is 162 Å². The summed E-state index contributed by atoms with van der Waals surface area (Å²) < 4.78 is 2.39. The van der Waals surface area contributed by atoms with Crippen LogP contribution in [0.3, 0.4) is 0 Å². The summed E-state index contributed by atoms with van der Waals surface area (Å²) >= 11 is 0. The molecule has 0 spiro atoms. The Morgan fingerprint density at radius 1 is 1.11 bits per heavy atom. The summed E-state index contributed by atoms with van der Waals surface area (Å²) in [4.78, 5) is 29.0. The molecule has 1 N–H and O–H groups in total. The lowest BCUT2D eigenvalue weighted by Crippen LogP contribution is -2.52. The van der Waals surface area contributed by atoms with Gasteiger partial charge in [-0.05, 0) is 39.2 Å². The van der Waals surface area contributed by atoms with E-state index in [4.69, 9.17) is 0 Å². The third-order valence-electron chi connectivity index (χ3n) is 6.03. The summed E-state index contributed by atoms with van der Waals surface area (Å²) in [6, 6.07) is 2.66. The van der Waals surface area contributed by atoms with Crippen LogP contribution in [0.4, 0.5) is 4.79 Å². The van der Waals surface area contributed by atoms with E-state index in [1.54, 1.807) is 0 Å². The highest BCUT2D eigenvalue weighted by Crippen LogP contribution is 2.33. The number of amides is 2. The fourth-order valence-corrected chi connectivity index (χ4v) is 4.52. The van der Waals surface area contributed by atoms with Crippen molar-refractivity contribution in [3.8, 4) is 0 Å². The lowest BCUT2D eigenvalue weighted by atomic mass is 10.1. The summed E-state index contributed by atoms with van der Waals surface area (Å²) in [5.41, 5.74) is 3.21. The van der Waals surface area contributed by atoms with E-state index in [0.717, 1.165) is 30.8 Å². The van der Waals surface area contributed by atoms with Gasteiger partial charge in [-0.1, -0.05) is 19.8 Å². The first kappa shape index (κ1) is 19.9. The van der Waals surface area contributed by atoms with Gasteiger partial charge in [0.05, 0.1) is 6.54 Å². The van der Waals surface area contributed by atoms with Gasteiger partial charge in [0, 0.05) is 55.7 Å². The Kier molecular flexibility index (Phi) is 6.58. The van der Waals surface area contributed by atoms with Gasteiger partial charge in [-0.2, -0.15) is 0 Å². The molecule has 3 rings (SSSR count). The summed E-state index contributed by atoms with van der Waals surface area (Å²) in [5, 5.41) is 2.93. The van der Waals surface area contributed by atoms with Crippen molar-refractivity contribution in [1.82, 2.24) is 19.7 Å². The van der Waals surface area contributed by atoms with Crippen LogP contribution in [0.1, 0.15) is 66.8 Å². The molecule has 0 bridgehead atoms. The molecule has 150 valence electrons. The second-order valence-corrected chi connectivity index (χ2v) is 8.01. The number of hydrogen-bond donors (Lipinski definition) is 1. The van der Waals surface area contributed by atoms with Crippen LogP contribution in [0, 0.1) is 13.8 Å². The van der Waals surface area contributed by atoms with Gasteiger partial charge in [-0.25, -0.2) is 4.79 Å². The van der Waals surface area contributed by atoms with Crippen LogP contribution in [0.25, 0.3) is 0 Å². The topological polar surface area (TPSA) is 57.6 Å². The first-order chi connectivity index (χ1) is 13.0. The minimum atomic E-state index is 0.0166. The van der Waals surface area contributed by atoms with E-state index in [-0.39, 0.29) is 11.8 Å². The Morgan fingerprint density at radius 2 is 1.78 bits per heavy atom. The van der Waals surface area contributed by atoms with Gasteiger partial charge in [0.2, 0.25) is 0 Å². The molecule has 2 amide bonds. The number of rotatable bonds is 6. The van der Waals surface area contributed by atoms with Crippen LogP contribution in [0.15, 0.2) is 6.07 Å². The number of hydrogen-bond acceptors (Lipinski definition) is 3. The van der Waals surface area contributed by atoms with Crippen molar-refractivity contribution in [2.24, 2.45) is 0 Å². The SMILES string of the molecule is CCCNC(=O)N1CCN(CC(=O)c2cc(C)n(C3CCCC3)c2C)CC1. The van der Waals surface area contributed by atoms with Gasteiger partial charge in [0.1, 0.15) is 0 Å². The lowest BCUT2D eigenvalue weighted by Gasteiger charge is -2.34. The van der Waals surface area contributed by atoms with E-state index in [2.05, 4.69) is 34.7 Å². The van der Waals surface area contributed by atoms with Crippen LogP contribution < -0.4 is 5.32 Å². The monoisotopic (exact) mass is 374 g/mol. The predicted octanol–water partition coefficient (Wildman–Crippen LogP) is 3.14. The number of carbonyl (C=O) groups is 2. The molecule has 6 heteroatoms. The number of piperazine rings is 1. The zero-order chi connectivity index (χ0) is 19.4. The van der Waals surface area contributed by atoms with Crippen molar-refractivity contribution >= 4 is 11.8 Å². The van der Waals surface area contributed by atoms with Crippen molar-refractivity contribution in [3.63, 3.8) is 0 Å². The quantitative estimate of drug-likeness (QED) is 0.778. The Hall–Kier alpha value is -1.82. The summed E-state index contributed by atoms with van der Waals surface area (Å²) in [6.07, 6.45) is 5.99. The molecule has 1 aromatic heterocycles. The molecule has 6 nitrogen and oxygen atoms in total. The number of carbonyl (C=O) groups excluding carboxylic acids is 2. The molecule has 0 aromatic carbocycles. The van der Waals surface area contributed by atoms with Crippen LogP contribution in [0.5, 0.6) is 0 Å². The maximum Gasteiger partial charge on any atom is 0.317 e. The fourth-order valence-electron chi connectivity index (χ4n) is 4.52. The van der Waals surface area contributed by atoms with Gasteiger partial charge < -0.3 is 14.8 Å². The van der Waals surface area contributed by atoms with Crippen molar-refractivity contribution in [1.29, 1.82) is 0 Å². The molecule has 27 heavy (non-hydrogen) atoms. The second-order valence-electron chi connectivity index (χ2n) is 8.01. The fraction of sp³-hybridized carbons (Fsp3) is 0.714. The molecule has 1 aliphatic heterocycles. The number of aromatic nitrogens is 1. The number of ketones is 1. The van der Waals surface area contributed by atoms with Crippen molar-refractivity contribution in [3.05, 3.63) is 23.0 Å². The van der Waals surface area contributed by atoms with Crippen molar-refractivity contribution in [2.45, 2.75) is 58.9 Å². The predicted molar refractivity (Wildman–Crippen MR) is 107 cm³/mol. The molecule has 1 aliphatic carbocycles. The minimum Gasteiger partial charge on any atom is -0.345 e. The minimum absolute atomic E-state index is 0.0166. The molecule has 2 fully saturated rings. The largest absolute Gasteiger partial charge is 0.345 e. The average Bonchev–Trinajstić information content (AvgIpc) is 3.28. The third-order valence-corrected chi connectivity index (χ3v) is 6.03. The van der Waals surface area contributed by atoms with Gasteiger partial charge in [-0.3, -0.25) is 9.69 Å². The van der Waals surface area contributed by atoms with E-state index >= 15 is 0 Å². The second kappa shape index (κ2) is 8.91. The van der Waals surface area contributed by atoms with Crippen LogP contribution in [-0.2, 0) is 0 Å². The van der Waals surface area contributed by atoms with Crippen LogP contribution in [-0.4, -0.2) is 65.4 Å². The molecule has 2 aliphatic rings. The van der Waals surface area contributed by atoms with E-state index in [1.807, 2.05) is 11.8 Å². The normalized spacial score (nSPS) is 18.9. The first-order valence-electron chi connectivity index (χ1n) is 10.5. The van der Waals surface area contributed by atoms with Gasteiger partial charge >= 0.3 is 6.03 Å². The molecule has 1 saturated carbocycles. The maximum absolute atomic E-state index is 12.9. The molecule has 2 heterocycles. The smallest absolute Gasteiger partial charge is 0.317 e. The van der Waals surface area contributed by atoms with Crippen molar-refractivity contribution < 1.29 is 9.59 Å². The van der Waals surface area contributed by atoms with E-state index in [9.17, 15) is 9.59 Å². The highest BCUT2D eigenvalue weighted by Gasteiger charge is 2.26. The Morgan fingerprint density at radius 3 is 2.41 bits per heavy atom. The number of urea groups is 1. The van der Waals surface area contributed by atoms with E-state index in [1.165, 1.54) is 31.4 Å². The zero-order valence-corrected chi connectivity index (χ0v) is 17.1. The molecular weight excluding hydrogens is 340 g/mol. The number of nitrogens with one attached hydrogen (secondary N) is 1. The van der Waals surface area contributed by atoms with Crippen molar-refractivity contribution in [2.75, 3.05) is 39.3 Å². The Balaban J connectivity index is 1.56. The summed E-state index contributed by atoms with van der Waals surface area (Å²) in [7, 11) is 0. The highest BCUT2D eigenvalue weighted by molar-refractivity contribution is 5.99. The van der Waals surface area contributed by atoms with E-state index in [0.29, 0.717) is 32.2 Å². The molecular formula is C21H34N4O2. The number of nitrogens with zero attached hydrogens (tertiary/aromatic N) is 3. The standard InChI is InChI=1S/C21H34N4O2/c1-4-9-22-21(27)24-12-10-23(11-13-24)15-20(26)19-14-16(2)25(17(19)3)18-7-5-6-8-18/h14,18H,4-13,15H2,1-3H3,(H,22,27). The first-order valence-corrected chi connectivity index (χ1v) is 10.5. The number of Topliss-reactive ketones (excluding diaryl/α,β-unsaturated/α-hetero) is 1. The van der Waals surface area contributed by atoms with Gasteiger partial charge in [-0.15, -0.1) is 0 Å². The molecule has 1 saturated heterocycles.